The summed E-state index contributed by atoms with van der Waals surface area (Å²) in [5.74, 6) is 1.28. The van der Waals surface area contributed by atoms with Crippen molar-refractivity contribution in [3.63, 3.8) is 0 Å². The van der Waals surface area contributed by atoms with E-state index >= 15 is 0 Å². The van der Waals surface area contributed by atoms with E-state index in [4.69, 9.17) is 5.73 Å². The third kappa shape index (κ3) is 4.38. The molecule has 0 atom stereocenters. The maximum Gasteiger partial charge on any atom is 0.188 e. The Morgan fingerprint density at radius 3 is 2.81 bits per heavy atom. The minimum Gasteiger partial charge on any atom is -0.370 e. The smallest absolute Gasteiger partial charge is 0.188 e. The van der Waals surface area contributed by atoms with E-state index in [0.717, 1.165) is 11.5 Å². The van der Waals surface area contributed by atoms with Crippen molar-refractivity contribution in [3.05, 3.63) is 36.2 Å². The molecule has 1 aliphatic rings. The van der Waals surface area contributed by atoms with Gasteiger partial charge in [-0.15, -0.1) is 29.1 Å². The van der Waals surface area contributed by atoms with Crippen molar-refractivity contribution in [2.45, 2.75) is 25.3 Å². The molecular weight excluding hydrogens is 381 g/mol. The fourth-order valence-corrected chi connectivity index (χ4v) is 1.89. The lowest BCUT2D eigenvalue weighted by atomic mass is 10.3. The Balaban J connectivity index is 0.00000161. The largest absolute Gasteiger partial charge is 0.370 e. The zero-order valence-corrected chi connectivity index (χ0v) is 13.8. The van der Waals surface area contributed by atoms with Crippen LogP contribution in [0.25, 0.3) is 5.69 Å². The van der Waals surface area contributed by atoms with Gasteiger partial charge in [-0.05, 0) is 35.4 Å². The molecule has 1 aromatic carbocycles. The van der Waals surface area contributed by atoms with Crippen LogP contribution in [0.15, 0.2) is 35.3 Å². The van der Waals surface area contributed by atoms with E-state index < -0.39 is 0 Å². The van der Waals surface area contributed by atoms with Crippen LogP contribution in [0.1, 0.15) is 18.7 Å². The highest BCUT2D eigenvalue weighted by Crippen LogP contribution is 2.17. The molecular formula is C13H18IN7. The Labute approximate surface area is 140 Å². The second kappa shape index (κ2) is 7.34. The molecule has 0 amide bonds. The topological polar surface area (TPSA) is 94.0 Å². The van der Waals surface area contributed by atoms with E-state index in [0.29, 0.717) is 25.0 Å². The number of benzene rings is 1. The maximum atomic E-state index is 5.78. The van der Waals surface area contributed by atoms with Gasteiger partial charge in [0.15, 0.2) is 11.8 Å². The lowest BCUT2D eigenvalue weighted by molar-refractivity contribution is 0.753. The summed E-state index contributed by atoms with van der Waals surface area (Å²) in [6.45, 7) is 0.568. The molecule has 0 saturated heterocycles. The van der Waals surface area contributed by atoms with Gasteiger partial charge in [0.2, 0.25) is 0 Å². The van der Waals surface area contributed by atoms with E-state index in [1.165, 1.54) is 12.8 Å². The van der Waals surface area contributed by atoms with Gasteiger partial charge >= 0.3 is 0 Å². The molecule has 0 aliphatic heterocycles. The molecule has 1 aliphatic carbocycles. The number of guanidine groups is 1. The van der Waals surface area contributed by atoms with Crippen molar-refractivity contribution in [3.8, 4) is 5.69 Å². The molecule has 2 aromatic rings. The molecule has 1 fully saturated rings. The van der Waals surface area contributed by atoms with Gasteiger partial charge in [0.1, 0.15) is 0 Å². The lowest BCUT2D eigenvalue weighted by Gasteiger charge is -2.04. The Kier molecular flexibility index (Phi) is 5.48. The molecule has 112 valence electrons. The summed E-state index contributed by atoms with van der Waals surface area (Å²) >= 11 is 0. The van der Waals surface area contributed by atoms with E-state index in [1.807, 2.05) is 30.3 Å². The minimum atomic E-state index is 0. The number of hydrogen-bond acceptors (Lipinski definition) is 4. The summed E-state index contributed by atoms with van der Waals surface area (Å²) in [6, 6.07) is 10.3. The van der Waals surface area contributed by atoms with E-state index in [-0.39, 0.29) is 24.0 Å². The molecule has 1 heterocycles. The van der Waals surface area contributed by atoms with Crippen LogP contribution in [0.3, 0.4) is 0 Å². The van der Waals surface area contributed by atoms with Gasteiger partial charge in [-0.1, -0.05) is 18.2 Å². The summed E-state index contributed by atoms with van der Waals surface area (Å²) in [5, 5.41) is 14.9. The van der Waals surface area contributed by atoms with Crippen LogP contribution in [0, 0.1) is 0 Å². The number of rotatable bonds is 5. The number of hydrogen-bond donors (Lipinski definition) is 2. The Bertz CT molecular complexity index is 592. The molecule has 1 saturated carbocycles. The summed E-state index contributed by atoms with van der Waals surface area (Å²) in [5.41, 5.74) is 6.73. The Morgan fingerprint density at radius 1 is 1.33 bits per heavy atom. The van der Waals surface area contributed by atoms with E-state index in [9.17, 15) is 0 Å². The van der Waals surface area contributed by atoms with Crippen LogP contribution in [0.5, 0.6) is 0 Å². The van der Waals surface area contributed by atoms with Crippen molar-refractivity contribution < 1.29 is 0 Å². The first kappa shape index (κ1) is 15.7. The highest BCUT2D eigenvalue weighted by atomic mass is 127. The van der Waals surface area contributed by atoms with Gasteiger partial charge in [0.25, 0.3) is 0 Å². The average Bonchev–Trinajstić information content (AvgIpc) is 3.15. The van der Waals surface area contributed by atoms with Crippen LogP contribution in [-0.2, 0) is 6.42 Å². The van der Waals surface area contributed by atoms with Gasteiger partial charge in [-0.25, -0.2) is 0 Å². The molecule has 21 heavy (non-hydrogen) atoms. The molecule has 8 heteroatoms. The molecule has 0 unspecified atom stereocenters. The summed E-state index contributed by atoms with van der Waals surface area (Å²) in [4.78, 5) is 4.29. The number of tetrazole rings is 1. The summed E-state index contributed by atoms with van der Waals surface area (Å²) in [7, 11) is 0. The molecule has 3 N–H and O–H groups in total. The summed E-state index contributed by atoms with van der Waals surface area (Å²) < 4.78 is 1.72. The SMILES string of the molecule is I.NC(=NCCc1nnnn1-c1ccccc1)NC1CC1. The van der Waals surface area contributed by atoms with Gasteiger partial charge in [-0.2, -0.15) is 4.68 Å². The van der Waals surface area contributed by atoms with Gasteiger partial charge in [0, 0.05) is 19.0 Å². The third-order valence-corrected chi connectivity index (χ3v) is 3.08. The highest BCUT2D eigenvalue weighted by Gasteiger charge is 2.21. The van der Waals surface area contributed by atoms with Crippen LogP contribution in [0.2, 0.25) is 0 Å². The molecule has 0 radical (unpaired) electrons. The molecule has 7 nitrogen and oxygen atoms in total. The van der Waals surface area contributed by atoms with Crippen molar-refractivity contribution >= 4 is 29.9 Å². The quantitative estimate of drug-likeness (QED) is 0.443. The monoisotopic (exact) mass is 399 g/mol. The van der Waals surface area contributed by atoms with Crippen LogP contribution < -0.4 is 11.1 Å². The molecule has 0 spiro atoms. The van der Waals surface area contributed by atoms with Crippen molar-refractivity contribution in [1.82, 2.24) is 25.5 Å². The van der Waals surface area contributed by atoms with Crippen LogP contribution >= 0.6 is 24.0 Å². The molecule has 1 aromatic heterocycles. The van der Waals surface area contributed by atoms with Crippen molar-refractivity contribution in [1.29, 1.82) is 0 Å². The summed E-state index contributed by atoms with van der Waals surface area (Å²) in [6.07, 6.45) is 3.01. The lowest BCUT2D eigenvalue weighted by Crippen LogP contribution is -2.33. The van der Waals surface area contributed by atoms with Crippen LogP contribution in [-0.4, -0.2) is 38.8 Å². The van der Waals surface area contributed by atoms with Crippen molar-refractivity contribution in [2.24, 2.45) is 10.7 Å². The second-order valence-corrected chi connectivity index (χ2v) is 4.78. The van der Waals surface area contributed by atoms with E-state index in [1.54, 1.807) is 4.68 Å². The number of halogens is 1. The van der Waals surface area contributed by atoms with Gasteiger partial charge in [0.05, 0.1) is 5.69 Å². The fourth-order valence-electron chi connectivity index (χ4n) is 1.89. The Morgan fingerprint density at radius 2 is 2.10 bits per heavy atom. The Hall–Kier alpha value is -1.71. The number of aliphatic imine (C=N–C) groups is 1. The second-order valence-electron chi connectivity index (χ2n) is 4.78. The third-order valence-electron chi connectivity index (χ3n) is 3.08. The first-order chi connectivity index (χ1) is 9.83. The first-order valence-electron chi connectivity index (χ1n) is 6.72. The van der Waals surface area contributed by atoms with Crippen LogP contribution in [0.4, 0.5) is 0 Å². The number of nitrogens with two attached hydrogens (primary N) is 1. The normalized spacial score (nSPS) is 14.6. The number of nitrogens with one attached hydrogen (secondary N) is 1. The zero-order valence-electron chi connectivity index (χ0n) is 11.5. The predicted octanol–water partition coefficient (Wildman–Crippen LogP) is 0.889. The predicted molar refractivity (Wildman–Crippen MR) is 90.9 cm³/mol. The maximum absolute atomic E-state index is 5.78. The van der Waals surface area contributed by atoms with Gasteiger partial charge < -0.3 is 11.1 Å². The number of aromatic nitrogens is 4. The number of para-hydroxylation sites is 1. The first-order valence-corrected chi connectivity index (χ1v) is 6.72. The standard InChI is InChI=1S/C13H17N7.HI/c14-13(16-10-6-7-10)15-9-8-12-17-18-19-20(12)11-4-2-1-3-5-11;/h1-5,10H,6-9H2,(H3,14,15,16);1H. The van der Waals surface area contributed by atoms with Gasteiger partial charge in [-0.3, -0.25) is 4.99 Å². The highest BCUT2D eigenvalue weighted by molar-refractivity contribution is 14.0. The molecule has 3 rings (SSSR count). The molecule has 0 bridgehead atoms. The minimum absolute atomic E-state index is 0. The van der Waals surface area contributed by atoms with Crippen molar-refractivity contribution in [2.75, 3.05) is 6.54 Å². The van der Waals surface area contributed by atoms with E-state index in [2.05, 4.69) is 25.8 Å². The number of nitrogens with zero attached hydrogens (tertiary/aromatic N) is 5. The average molecular weight is 399 g/mol. The zero-order chi connectivity index (χ0) is 13.8. The fraction of sp³-hybridized carbons (Fsp3) is 0.385.